The van der Waals surface area contributed by atoms with E-state index in [1.807, 2.05) is 6.92 Å². The van der Waals surface area contributed by atoms with E-state index < -0.39 is 17.5 Å². The van der Waals surface area contributed by atoms with Gasteiger partial charge in [-0.15, -0.1) is 0 Å². The highest BCUT2D eigenvalue weighted by Gasteiger charge is 2.20. The number of nitrogens with one attached hydrogen (secondary N) is 2. The van der Waals surface area contributed by atoms with E-state index >= 15 is 0 Å². The Labute approximate surface area is 116 Å². The number of carbonyl (C=O) groups is 1. The first-order valence-electron chi connectivity index (χ1n) is 6.73. The fourth-order valence-corrected chi connectivity index (χ4v) is 2.04. The monoisotopic (exact) mass is 284 g/mol. The van der Waals surface area contributed by atoms with Crippen LogP contribution in [0, 0.1) is 11.6 Å². The Morgan fingerprint density at radius 1 is 1.40 bits per heavy atom. The fraction of sp³-hybridized carbons (Fsp3) is 0.500. The van der Waals surface area contributed by atoms with Crippen LogP contribution >= 0.6 is 0 Å². The van der Waals surface area contributed by atoms with Crippen LogP contribution in [-0.4, -0.2) is 31.7 Å². The van der Waals surface area contributed by atoms with Crippen molar-refractivity contribution in [1.82, 2.24) is 5.32 Å². The molecular weight excluding hydrogens is 266 g/mol. The molecule has 2 rings (SSSR count). The molecule has 110 valence electrons. The molecule has 1 aromatic rings. The third kappa shape index (κ3) is 3.45. The lowest BCUT2D eigenvalue weighted by atomic mass is 10.1. The second-order valence-electron chi connectivity index (χ2n) is 4.78. The Morgan fingerprint density at radius 2 is 2.10 bits per heavy atom. The van der Waals surface area contributed by atoms with Gasteiger partial charge in [0, 0.05) is 18.7 Å². The van der Waals surface area contributed by atoms with Crippen molar-refractivity contribution >= 4 is 11.6 Å². The van der Waals surface area contributed by atoms with Crippen LogP contribution in [0.2, 0.25) is 0 Å². The van der Waals surface area contributed by atoms with Crippen LogP contribution in [0.4, 0.5) is 14.5 Å². The Bertz CT molecular complexity index is 465. The first-order chi connectivity index (χ1) is 9.61. The molecule has 20 heavy (non-hydrogen) atoms. The predicted molar refractivity (Wildman–Crippen MR) is 71.8 cm³/mol. The van der Waals surface area contributed by atoms with Gasteiger partial charge >= 0.3 is 0 Å². The molecule has 1 saturated heterocycles. The van der Waals surface area contributed by atoms with Crippen molar-refractivity contribution in [1.29, 1.82) is 0 Å². The van der Waals surface area contributed by atoms with Crippen molar-refractivity contribution in [3.05, 3.63) is 29.3 Å². The number of amides is 1. The van der Waals surface area contributed by atoms with E-state index in [2.05, 4.69) is 10.6 Å². The normalized spacial score (nSPS) is 18.1. The van der Waals surface area contributed by atoms with Gasteiger partial charge in [-0.25, -0.2) is 8.78 Å². The highest BCUT2D eigenvalue weighted by Crippen LogP contribution is 2.21. The van der Waals surface area contributed by atoms with E-state index in [0.717, 1.165) is 18.6 Å². The minimum atomic E-state index is -0.758. The molecule has 0 spiro atoms. The summed E-state index contributed by atoms with van der Waals surface area (Å²) in [4.78, 5) is 11.9. The quantitative estimate of drug-likeness (QED) is 0.872. The van der Waals surface area contributed by atoms with E-state index in [4.69, 9.17) is 4.74 Å². The predicted octanol–water partition coefficient (Wildman–Crippen LogP) is 2.31. The first-order valence-corrected chi connectivity index (χ1v) is 6.73. The van der Waals surface area contributed by atoms with Crippen LogP contribution in [0.15, 0.2) is 12.1 Å². The zero-order valence-corrected chi connectivity index (χ0v) is 11.3. The van der Waals surface area contributed by atoms with Crippen LogP contribution < -0.4 is 10.6 Å². The van der Waals surface area contributed by atoms with E-state index in [1.54, 1.807) is 0 Å². The van der Waals surface area contributed by atoms with Gasteiger partial charge in [-0.2, -0.15) is 0 Å². The van der Waals surface area contributed by atoms with Gasteiger partial charge in [0.1, 0.15) is 17.3 Å². The SMILES string of the molecule is CCCNc1c(F)cc(C(=O)NC2CCOC2)cc1F. The summed E-state index contributed by atoms with van der Waals surface area (Å²) < 4.78 is 32.7. The van der Waals surface area contributed by atoms with Gasteiger partial charge in [0.25, 0.3) is 5.91 Å². The topological polar surface area (TPSA) is 50.4 Å². The number of hydrogen-bond acceptors (Lipinski definition) is 3. The summed E-state index contributed by atoms with van der Waals surface area (Å²) >= 11 is 0. The molecule has 1 aliphatic heterocycles. The average Bonchev–Trinajstić information content (AvgIpc) is 2.90. The van der Waals surface area contributed by atoms with E-state index in [1.165, 1.54) is 0 Å². The summed E-state index contributed by atoms with van der Waals surface area (Å²) in [6.45, 7) is 3.40. The number of carbonyl (C=O) groups excluding carboxylic acids is 1. The lowest BCUT2D eigenvalue weighted by Gasteiger charge is -2.12. The minimum Gasteiger partial charge on any atom is -0.380 e. The standard InChI is InChI=1S/C14H18F2N2O2/c1-2-4-17-13-11(15)6-9(7-12(13)16)14(19)18-10-3-5-20-8-10/h6-7,10,17H,2-5,8H2,1H3,(H,18,19). The Kier molecular flexibility index (Phi) is 4.89. The zero-order valence-electron chi connectivity index (χ0n) is 11.3. The lowest BCUT2D eigenvalue weighted by molar-refractivity contribution is 0.0929. The van der Waals surface area contributed by atoms with E-state index in [-0.39, 0.29) is 17.3 Å². The summed E-state index contributed by atoms with van der Waals surface area (Å²) in [6.07, 6.45) is 1.47. The van der Waals surface area contributed by atoms with Crippen molar-refractivity contribution in [3.8, 4) is 0 Å². The Balaban J connectivity index is 2.10. The number of ether oxygens (including phenoxy) is 1. The largest absolute Gasteiger partial charge is 0.380 e. The van der Waals surface area contributed by atoms with Gasteiger partial charge in [0.2, 0.25) is 0 Å². The molecule has 6 heteroatoms. The van der Waals surface area contributed by atoms with Crippen LogP contribution in [0.1, 0.15) is 30.1 Å². The highest BCUT2D eigenvalue weighted by atomic mass is 19.1. The Morgan fingerprint density at radius 3 is 2.65 bits per heavy atom. The Hall–Kier alpha value is -1.69. The second kappa shape index (κ2) is 6.65. The summed E-state index contributed by atoms with van der Waals surface area (Å²) in [5, 5.41) is 5.36. The van der Waals surface area contributed by atoms with Crippen molar-refractivity contribution in [2.75, 3.05) is 25.1 Å². The number of anilines is 1. The maximum atomic E-state index is 13.8. The summed E-state index contributed by atoms with van der Waals surface area (Å²) in [5.74, 6) is -2.00. The van der Waals surface area contributed by atoms with Crippen LogP contribution in [0.5, 0.6) is 0 Å². The summed E-state index contributed by atoms with van der Waals surface area (Å²) in [7, 11) is 0. The third-order valence-corrected chi connectivity index (χ3v) is 3.12. The van der Waals surface area contributed by atoms with Crippen LogP contribution in [-0.2, 0) is 4.74 Å². The zero-order chi connectivity index (χ0) is 14.5. The molecule has 1 amide bonds. The van der Waals surface area contributed by atoms with E-state index in [0.29, 0.717) is 26.2 Å². The molecule has 1 heterocycles. The number of rotatable bonds is 5. The molecule has 1 atom stereocenters. The fourth-order valence-electron chi connectivity index (χ4n) is 2.04. The van der Waals surface area contributed by atoms with Crippen LogP contribution in [0.3, 0.4) is 0 Å². The molecule has 0 radical (unpaired) electrons. The molecule has 0 bridgehead atoms. The molecule has 1 fully saturated rings. The van der Waals surface area contributed by atoms with E-state index in [9.17, 15) is 13.6 Å². The number of halogens is 2. The van der Waals surface area contributed by atoms with Gasteiger partial charge in [0.05, 0.1) is 12.6 Å². The smallest absolute Gasteiger partial charge is 0.251 e. The molecule has 1 aromatic carbocycles. The van der Waals surface area contributed by atoms with Gasteiger partial charge in [-0.3, -0.25) is 4.79 Å². The highest BCUT2D eigenvalue weighted by molar-refractivity contribution is 5.94. The van der Waals surface area contributed by atoms with Crippen molar-refractivity contribution in [2.45, 2.75) is 25.8 Å². The molecule has 4 nitrogen and oxygen atoms in total. The van der Waals surface area contributed by atoms with Crippen molar-refractivity contribution in [2.24, 2.45) is 0 Å². The number of hydrogen-bond donors (Lipinski definition) is 2. The van der Waals surface area contributed by atoms with Gasteiger partial charge in [-0.1, -0.05) is 6.92 Å². The molecule has 1 unspecified atom stereocenters. The molecule has 0 saturated carbocycles. The van der Waals surface area contributed by atoms with Crippen molar-refractivity contribution in [3.63, 3.8) is 0 Å². The van der Waals surface area contributed by atoms with Crippen molar-refractivity contribution < 1.29 is 18.3 Å². The van der Waals surface area contributed by atoms with Gasteiger partial charge in [0.15, 0.2) is 0 Å². The first kappa shape index (κ1) is 14.7. The van der Waals surface area contributed by atoms with Gasteiger partial charge in [-0.05, 0) is 25.0 Å². The molecule has 1 aliphatic rings. The number of benzene rings is 1. The van der Waals surface area contributed by atoms with Gasteiger partial charge < -0.3 is 15.4 Å². The molecule has 0 aliphatic carbocycles. The summed E-state index contributed by atoms with van der Waals surface area (Å²) in [6, 6.07) is 2.00. The second-order valence-corrected chi connectivity index (χ2v) is 4.78. The maximum absolute atomic E-state index is 13.8. The lowest BCUT2D eigenvalue weighted by Crippen LogP contribution is -2.35. The summed E-state index contributed by atoms with van der Waals surface area (Å²) in [5.41, 5.74) is -0.207. The molecular formula is C14H18F2N2O2. The molecule has 2 N–H and O–H groups in total. The average molecular weight is 284 g/mol. The third-order valence-electron chi connectivity index (χ3n) is 3.12. The maximum Gasteiger partial charge on any atom is 0.251 e. The minimum absolute atomic E-state index is 0.0195. The van der Waals surface area contributed by atoms with Crippen LogP contribution in [0.25, 0.3) is 0 Å². The molecule has 0 aromatic heterocycles.